The van der Waals surface area contributed by atoms with Crippen LogP contribution in [-0.4, -0.2) is 11.9 Å². The second-order valence-electron chi connectivity index (χ2n) is 4.66. The standard InChI is InChI=1S/C17H12O3/c1-11-7-9-13(10-8-11)15-14(16(18)20-17(15)19)12-5-3-2-4-6-12/h2-10H,1H3. The topological polar surface area (TPSA) is 43.4 Å². The molecular weight excluding hydrogens is 252 g/mol. The van der Waals surface area contributed by atoms with E-state index in [1.54, 1.807) is 12.1 Å². The van der Waals surface area contributed by atoms with Gasteiger partial charge in [0.15, 0.2) is 0 Å². The highest BCUT2D eigenvalue weighted by molar-refractivity contribution is 6.44. The molecule has 0 aromatic heterocycles. The van der Waals surface area contributed by atoms with Crippen molar-refractivity contribution >= 4 is 23.1 Å². The van der Waals surface area contributed by atoms with E-state index in [0.29, 0.717) is 22.3 Å². The van der Waals surface area contributed by atoms with Gasteiger partial charge < -0.3 is 4.74 Å². The van der Waals surface area contributed by atoms with E-state index >= 15 is 0 Å². The zero-order valence-corrected chi connectivity index (χ0v) is 10.9. The third-order valence-electron chi connectivity index (χ3n) is 3.25. The number of rotatable bonds is 2. The van der Waals surface area contributed by atoms with E-state index in [2.05, 4.69) is 0 Å². The average molecular weight is 264 g/mol. The third-order valence-corrected chi connectivity index (χ3v) is 3.25. The van der Waals surface area contributed by atoms with Gasteiger partial charge in [-0.25, -0.2) is 9.59 Å². The number of ether oxygens (including phenoxy) is 1. The molecule has 0 fully saturated rings. The van der Waals surface area contributed by atoms with Crippen molar-refractivity contribution in [3.05, 3.63) is 71.3 Å². The van der Waals surface area contributed by atoms with Gasteiger partial charge in [0.25, 0.3) is 0 Å². The van der Waals surface area contributed by atoms with Crippen LogP contribution in [0.25, 0.3) is 11.1 Å². The Hall–Kier alpha value is -2.68. The zero-order chi connectivity index (χ0) is 14.1. The monoisotopic (exact) mass is 264 g/mol. The summed E-state index contributed by atoms with van der Waals surface area (Å²) in [6.07, 6.45) is 0. The lowest BCUT2D eigenvalue weighted by molar-refractivity contribution is -0.149. The summed E-state index contributed by atoms with van der Waals surface area (Å²) in [5.74, 6) is -1.17. The molecule has 0 saturated heterocycles. The summed E-state index contributed by atoms with van der Waals surface area (Å²) in [6.45, 7) is 1.97. The van der Waals surface area contributed by atoms with Crippen molar-refractivity contribution < 1.29 is 14.3 Å². The van der Waals surface area contributed by atoms with E-state index in [0.717, 1.165) is 5.56 Å². The molecule has 2 aromatic rings. The fourth-order valence-corrected chi connectivity index (χ4v) is 2.24. The van der Waals surface area contributed by atoms with Gasteiger partial charge in [0, 0.05) is 0 Å². The Bertz CT molecular complexity index is 710. The number of hydrogen-bond donors (Lipinski definition) is 0. The molecule has 1 aliphatic heterocycles. The lowest BCUT2D eigenvalue weighted by Crippen LogP contribution is -2.01. The molecule has 0 atom stereocenters. The summed E-state index contributed by atoms with van der Waals surface area (Å²) >= 11 is 0. The van der Waals surface area contributed by atoms with Crippen LogP contribution >= 0.6 is 0 Å². The van der Waals surface area contributed by atoms with Crippen molar-refractivity contribution in [2.45, 2.75) is 6.92 Å². The largest absolute Gasteiger partial charge is 0.386 e. The molecule has 2 aromatic carbocycles. The molecule has 0 aliphatic carbocycles. The van der Waals surface area contributed by atoms with Gasteiger partial charge in [-0.3, -0.25) is 0 Å². The van der Waals surface area contributed by atoms with Crippen molar-refractivity contribution in [2.24, 2.45) is 0 Å². The predicted octanol–water partition coefficient (Wildman–Crippen LogP) is 2.99. The lowest BCUT2D eigenvalue weighted by Gasteiger charge is -2.03. The summed E-state index contributed by atoms with van der Waals surface area (Å²) in [4.78, 5) is 23.9. The molecule has 98 valence electrons. The van der Waals surface area contributed by atoms with Crippen LogP contribution in [0.2, 0.25) is 0 Å². The average Bonchev–Trinajstić information content (AvgIpc) is 2.75. The number of carbonyl (C=O) groups is 2. The Morgan fingerprint density at radius 1 is 0.700 bits per heavy atom. The first-order valence-electron chi connectivity index (χ1n) is 6.30. The Morgan fingerprint density at radius 3 is 1.75 bits per heavy atom. The van der Waals surface area contributed by atoms with Gasteiger partial charge in [0.05, 0.1) is 11.1 Å². The van der Waals surface area contributed by atoms with Gasteiger partial charge in [0.2, 0.25) is 0 Å². The molecule has 3 nitrogen and oxygen atoms in total. The van der Waals surface area contributed by atoms with Crippen molar-refractivity contribution in [2.75, 3.05) is 0 Å². The summed E-state index contributed by atoms with van der Waals surface area (Å²) in [5.41, 5.74) is 3.15. The molecule has 0 unspecified atom stereocenters. The highest BCUT2D eigenvalue weighted by atomic mass is 16.6. The number of benzene rings is 2. The molecule has 1 heterocycles. The number of hydrogen-bond acceptors (Lipinski definition) is 3. The van der Waals surface area contributed by atoms with E-state index < -0.39 is 11.9 Å². The molecule has 0 amide bonds. The van der Waals surface area contributed by atoms with E-state index in [1.807, 2.05) is 49.4 Å². The first-order valence-corrected chi connectivity index (χ1v) is 6.30. The first kappa shape index (κ1) is 12.4. The van der Waals surface area contributed by atoms with Crippen LogP contribution in [0.5, 0.6) is 0 Å². The molecule has 3 heteroatoms. The molecule has 1 aliphatic rings. The van der Waals surface area contributed by atoms with Crippen molar-refractivity contribution in [3.8, 4) is 0 Å². The molecule has 20 heavy (non-hydrogen) atoms. The summed E-state index contributed by atoms with van der Waals surface area (Å²) in [7, 11) is 0. The minimum atomic E-state index is -0.586. The number of esters is 2. The molecule has 3 rings (SSSR count). The van der Waals surface area contributed by atoms with Crippen LogP contribution < -0.4 is 0 Å². The molecule has 0 radical (unpaired) electrons. The maximum Gasteiger partial charge on any atom is 0.347 e. The highest BCUT2D eigenvalue weighted by Gasteiger charge is 2.34. The summed E-state index contributed by atoms with van der Waals surface area (Å²) < 4.78 is 4.77. The van der Waals surface area contributed by atoms with Gasteiger partial charge in [-0.05, 0) is 18.1 Å². The van der Waals surface area contributed by atoms with Gasteiger partial charge in [-0.1, -0.05) is 60.2 Å². The quantitative estimate of drug-likeness (QED) is 0.618. The highest BCUT2D eigenvalue weighted by Crippen LogP contribution is 2.33. The first-order chi connectivity index (χ1) is 9.66. The van der Waals surface area contributed by atoms with Gasteiger partial charge in [0.1, 0.15) is 0 Å². The van der Waals surface area contributed by atoms with E-state index in [9.17, 15) is 9.59 Å². The van der Waals surface area contributed by atoms with E-state index in [-0.39, 0.29) is 0 Å². The van der Waals surface area contributed by atoms with E-state index in [4.69, 9.17) is 4.74 Å². The fourth-order valence-electron chi connectivity index (χ4n) is 2.24. The fraction of sp³-hybridized carbons (Fsp3) is 0.0588. The Labute approximate surface area is 116 Å². The van der Waals surface area contributed by atoms with Gasteiger partial charge in [-0.15, -0.1) is 0 Å². The van der Waals surface area contributed by atoms with Gasteiger partial charge >= 0.3 is 11.9 Å². The van der Waals surface area contributed by atoms with Crippen LogP contribution in [0, 0.1) is 6.92 Å². The Morgan fingerprint density at radius 2 is 1.20 bits per heavy atom. The predicted molar refractivity (Wildman–Crippen MR) is 75.5 cm³/mol. The number of carbonyl (C=O) groups excluding carboxylic acids is 2. The number of cyclic esters (lactones) is 2. The SMILES string of the molecule is Cc1ccc(C2=C(c3ccccc3)C(=O)OC2=O)cc1. The second kappa shape index (κ2) is 4.78. The van der Waals surface area contributed by atoms with Crippen molar-refractivity contribution in [1.82, 2.24) is 0 Å². The van der Waals surface area contributed by atoms with Gasteiger partial charge in [-0.2, -0.15) is 0 Å². The summed E-state index contributed by atoms with van der Waals surface area (Å²) in [5, 5.41) is 0. The molecule has 0 spiro atoms. The lowest BCUT2D eigenvalue weighted by atomic mass is 9.96. The molecular formula is C17H12O3. The van der Waals surface area contributed by atoms with Crippen LogP contribution in [0.4, 0.5) is 0 Å². The molecule has 0 N–H and O–H groups in total. The van der Waals surface area contributed by atoms with E-state index in [1.165, 1.54) is 0 Å². The van der Waals surface area contributed by atoms with Crippen LogP contribution in [0.3, 0.4) is 0 Å². The maximum atomic E-state index is 12.0. The maximum absolute atomic E-state index is 12.0. The van der Waals surface area contributed by atoms with Crippen molar-refractivity contribution in [1.29, 1.82) is 0 Å². The number of aryl methyl sites for hydroxylation is 1. The smallest absolute Gasteiger partial charge is 0.347 e. The van der Waals surface area contributed by atoms with Crippen LogP contribution in [0.15, 0.2) is 54.6 Å². The van der Waals surface area contributed by atoms with Crippen LogP contribution in [0.1, 0.15) is 16.7 Å². The second-order valence-corrected chi connectivity index (χ2v) is 4.66. The summed E-state index contributed by atoms with van der Waals surface area (Å²) in [6, 6.07) is 16.6. The minimum Gasteiger partial charge on any atom is -0.386 e. The van der Waals surface area contributed by atoms with Crippen molar-refractivity contribution in [3.63, 3.8) is 0 Å². The Balaban J connectivity index is 2.21. The molecule has 0 bridgehead atoms. The Kier molecular flexibility index (Phi) is 2.95. The zero-order valence-electron chi connectivity index (χ0n) is 10.9. The normalized spacial score (nSPS) is 14.7. The third kappa shape index (κ3) is 2.03. The van der Waals surface area contributed by atoms with Crippen LogP contribution in [-0.2, 0) is 14.3 Å². The minimum absolute atomic E-state index is 0.333. The molecule has 0 saturated carbocycles.